The zero-order chi connectivity index (χ0) is 15.8. The van der Waals surface area contributed by atoms with Crippen LogP contribution >= 0.6 is 0 Å². The van der Waals surface area contributed by atoms with Gasteiger partial charge in [0.15, 0.2) is 0 Å². The van der Waals surface area contributed by atoms with Crippen LogP contribution in [0.15, 0.2) is 18.3 Å². The fraction of sp³-hybridized carbons (Fsp3) is 0.667. The maximum absolute atomic E-state index is 12.6. The smallest absolute Gasteiger partial charge is 0.320 e. The van der Waals surface area contributed by atoms with E-state index in [0.29, 0.717) is 23.8 Å². The third kappa shape index (κ3) is 2.82. The number of anilines is 1. The number of fused-ring (bicyclic) bond motifs is 1. The highest BCUT2D eigenvalue weighted by molar-refractivity contribution is 5.88. The Bertz CT molecular complexity index is 569. The Morgan fingerprint density at radius 3 is 2.70 bits per heavy atom. The predicted molar refractivity (Wildman–Crippen MR) is 90.6 cm³/mol. The van der Waals surface area contributed by atoms with Gasteiger partial charge in [-0.05, 0) is 63.2 Å². The summed E-state index contributed by atoms with van der Waals surface area (Å²) in [6.07, 6.45) is 9.19. The fourth-order valence-electron chi connectivity index (χ4n) is 4.31. The number of nitrogens with one attached hydrogen (secondary N) is 1. The second-order valence-corrected chi connectivity index (χ2v) is 7.27. The average molecular weight is 314 g/mol. The van der Waals surface area contributed by atoms with Gasteiger partial charge in [-0.25, -0.2) is 9.78 Å². The topological polar surface area (TPSA) is 48.5 Å². The Balaban J connectivity index is 1.39. The number of carbonyl (C=O) groups is 1. The van der Waals surface area contributed by atoms with Crippen molar-refractivity contribution in [3.8, 4) is 0 Å². The molecule has 2 unspecified atom stereocenters. The molecule has 0 spiro atoms. The summed E-state index contributed by atoms with van der Waals surface area (Å²) in [5, 5.41) is 2.99. The van der Waals surface area contributed by atoms with Gasteiger partial charge in [0.2, 0.25) is 0 Å². The predicted octanol–water partition coefficient (Wildman–Crippen LogP) is 3.05. The van der Waals surface area contributed by atoms with Crippen LogP contribution in [0.4, 0.5) is 10.6 Å². The number of hydrogen-bond donors (Lipinski definition) is 1. The van der Waals surface area contributed by atoms with Crippen molar-refractivity contribution in [2.75, 3.05) is 25.5 Å². The second kappa shape index (κ2) is 6.11. The first-order chi connectivity index (χ1) is 11.2. The maximum atomic E-state index is 12.6. The highest BCUT2D eigenvalue weighted by Gasteiger charge is 2.40. The van der Waals surface area contributed by atoms with E-state index in [1.165, 1.54) is 31.2 Å². The molecule has 3 fully saturated rings. The van der Waals surface area contributed by atoms with E-state index in [4.69, 9.17) is 0 Å². The van der Waals surface area contributed by atoms with Crippen LogP contribution in [0.2, 0.25) is 0 Å². The number of aromatic nitrogens is 1. The quantitative estimate of drug-likeness (QED) is 0.913. The average Bonchev–Trinajstić information content (AvgIpc) is 2.93. The van der Waals surface area contributed by atoms with E-state index in [9.17, 15) is 4.79 Å². The maximum Gasteiger partial charge on any atom is 0.323 e. The minimum Gasteiger partial charge on any atom is -0.320 e. The molecule has 2 aliphatic heterocycles. The molecule has 1 aliphatic carbocycles. The first-order valence-corrected chi connectivity index (χ1v) is 8.96. The number of rotatable bonds is 2. The number of pyridine rings is 1. The summed E-state index contributed by atoms with van der Waals surface area (Å²) in [7, 11) is 2.18. The summed E-state index contributed by atoms with van der Waals surface area (Å²) in [4.78, 5) is 21.5. The SMILES string of the molecule is CN1CCCC2C1CCN2C(=O)Nc1ccc(C2CCC2)cn1. The lowest BCUT2D eigenvalue weighted by molar-refractivity contribution is 0.129. The van der Waals surface area contributed by atoms with E-state index in [1.807, 2.05) is 17.2 Å². The molecule has 1 aromatic rings. The largest absolute Gasteiger partial charge is 0.323 e. The van der Waals surface area contributed by atoms with Gasteiger partial charge in [-0.15, -0.1) is 0 Å². The van der Waals surface area contributed by atoms with E-state index in [2.05, 4.69) is 28.3 Å². The number of carbonyl (C=O) groups excluding carboxylic acids is 1. The molecule has 1 saturated carbocycles. The fourth-order valence-corrected chi connectivity index (χ4v) is 4.31. The van der Waals surface area contributed by atoms with Crippen LogP contribution in [0, 0.1) is 0 Å². The van der Waals surface area contributed by atoms with Crippen LogP contribution in [0.25, 0.3) is 0 Å². The summed E-state index contributed by atoms with van der Waals surface area (Å²) in [6.45, 7) is 2.01. The molecule has 0 aromatic carbocycles. The highest BCUT2D eigenvalue weighted by Crippen LogP contribution is 2.36. The first kappa shape index (κ1) is 14.9. The standard InChI is InChI=1S/C18H26N4O/c1-21-10-3-6-16-15(21)9-11-22(16)18(23)20-17-8-7-14(12-19-17)13-4-2-5-13/h7-8,12-13,15-16H,2-6,9-11H2,1H3,(H,19,20,23). The molecule has 2 saturated heterocycles. The number of likely N-dealkylation sites (N-methyl/N-ethyl adjacent to an activating group) is 1. The van der Waals surface area contributed by atoms with Gasteiger partial charge < -0.3 is 9.80 Å². The summed E-state index contributed by atoms with van der Waals surface area (Å²) < 4.78 is 0. The summed E-state index contributed by atoms with van der Waals surface area (Å²) in [5.41, 5.74) is 1.31. The molecule has 1 aromatic heterocycles. The number of piperidine rings is 1. The number of hydrogen-bond acceptors (Lipinski definition) is 3. The van der Waals surface area contributed by atoms with Crippen molar-refractivity contribution in [3.05, 3.63) is 23.9 Å². The van der Waals surface area contributed by atoms with Gasteiger partial charge in [-0.1, -0.05) is 12.5 Å². The molecule has 1 N–H and O–H groups in total. The van der Waals surface area contributed by atoms with E-state index in [1.54, 1.807) is 0 Å². The lowest BCUT2D eigenvalue weighted by atomic mass is 9.81. The first-order valence-electron chi connectivity index (χ1n) is 8.96. The molecule has 3 heterocycles. The third-order valence-electron chi connectivity index (χ3n) is 5.95. The van der Waals surface area contributed by atoms with Crippen molar-refractivity contribution in [1.82, 2.24) is 14.8 Å². The molecule has 5 heteroatoms. The van der Waals surface area contributed by atoms with Crippen molar-refractivity contribution in [1.29, 1.82) is 0 Å². The number of likely N-dealkylation sites (tertiary alicyclic amines) is 2. The molecule has 0 radical (unpaired) electrons. The van der Waals surface area contributed by atoms with Gasteiger partial charge in [0.05, 0.1) is 0 Å². The number of nitrogens with zero attached hydrogens (tertiary/aromatic N) is 3. The Labute approximate surface area is 138 Å². The third-order valence-corrected chi connectivity index (χ3v) is 5.95. The van der Waals surface area contributed by atoms with Gasteiger partial charge >= 0.3 is 6.03 Å². The number of amides is 2. The van der Waals surface area contributed by atoms with Crippen LogP contribution in [0.5, 0.6) is 0 Å². The van der Waals surface area contributed by atoms with E-state index in [-0.39, 0.29) is 6.03 Å². The Morgan fingerprint density at radius 2 is 2.00 bits per heavy atom. The van der Waals surface area contributed by atoms with Gasteiger partial charge in [0, 0.05) is 24.8 Å². The number of urea groups is 1. The monoisotopic (exact) mass is 314 g/mol. The molecule has 124 valence electrons. The summed E-state index contributed by atoms with van der Waals surface area (Å²) in [6, 6.07) is 4.97. The van der Waals surface area contributed by atoms with Crippen molar-refractivity contribution >= 4 is 11.8 Å². The molecule has 23 heavy (non-hydrogen) atoms. The van der Waals surface area contributed by atoms with Crippen molar-refractivity contribution in [2.45, 2.75) is 56.5 Å². The van der Waals surface area contributed by atoms with Crippen LogP contribution in [-0.2, 0) is 0 Å². The van der Waals surface area contributed by atoms with Gasteiger partial charge in [-0.2, -0.15) is 0 Å². The van der Waals surface area contributed by atoms with Gasteiger partial charge in [-0.3, -0.25) is 5.32 Å². The van der Waals surface area contributed by atoms with Crippen molar-refractivity contribution in [3.63, 3.8) is 0 Å². The van der Waals surface area contributed by atoms with E-state index >= 15 is 0 Å². The second-order valence-electron chi connectivity index (χ2n) is 7.27. The van der Waals surface area contributed by atoms with Crippen LogP contribution in [-0.4, -0.2) is 53.0 Å². The van der Waals surface area contributed by atoms with E-state index < -0.39 is 0 Å². The van der Waals surface area contributed by atoms with Crippen molar-refractivity contribution in [2.24, 2.45) is 0 Å². The van der Waals surface area contributed by atoms with E-state index in [0.717, 1.165) is 25.9 Å². The van der Waals surface area contributed by atoms with Gasteiger partial charge in [0.1, 0.15) is 5.82 Å². The lowest BCUT2D eigenvalue weighted by Crippen LogP contribution is -2.50. The van der Waals surface area contributed by atoms with Crippen LogP contribution in [0.1, 0.15) is 50.0 Å². The van der Waals surface area contributed by atoms with Crippen LogP contribution in [0.3, 0.4) is 0 Å². The Hall–Kier alpha value is -1.62. The molecule has 3 aliphatic rings. The van der Waals surface area contributed by atoms with Crippen LogP contribution < -0.4 is 5.32 Å². The molecule has 4 rings (SSSR count). The molecular formula is C18H26N4O. The normalized spacial score (nSPS) is 28.3. The summed E-state index contributed by atoms with van der Waals surface area (Å²) >= 11 is 0. The molecule has 2 amide bonds. The zero-order valence-electron chi connectivity index (χ0n) is 13.9. The lowest BCUT2D eigenvalue weighted by Gasteiger charge is -2.37. The minimum atomic E-state index is 0.0108. The van der Waals surface area contributed by atoms with Gasteiger partial charge in [0.25, 0.3) is 0 Å². The zero-order valence-corrected chi connectivity index (χ0v) is 13.9. The highest BCUT2D eigenvalue weighted by atomic mass is 16.2. The summed E-state index contributed by atoms with van der Waals surface area (Å²) in [5.74, 6) is 1.36. The molecule has 5 nitrogen and oxygen atoms in total. The molecule has 0 bridgehead atoms. The Kier molecular flexibility index (Phi) is 3.97. The van der Waals surface area contributed by atoms with Crippen molar-refractivity contribution < 1.29 is 4.79 Å². The minimum absolute atomic E-state index is 0.0108. The Morgan fingerprint density at radius 1 is 1.13 bits per heavy atom. The molecule has 2 atom stereocenters. The molecular weight excluding hydrogens is 288 g/mol.